The number of hydrogen-bond acceptors (Lipinski definition) is 7. The molecule has 3 amide bonds. The van der Waals surface area contributed by atoms with Gasteiger partial charge in [-0.2, -0.15) is 0 Å². The van der Waals surface area contributed by atoms with E-state index in [0.29, 0.717) is 30.3 Å². The maximum atomic E-state index is 12.6. The zero-order chi connectivity index (χ0) is 24.4. The van der Waals surface area contributed by atoms with E-state index in [2.05, 4.69) is 16.0 Å². The van der Waals surface area contributed by atoms with Crippen LogP contribution in [0, 0.1) is 5.92 Å². The molecule has 2 rings (SSSR count). The summed E-state index contributed by atoms with van der Waals surface area (Å²) in [5, 5.41) is 8.32. The monoisotopic (exact) mass is 464 g/mol. The molecule has 10 heteroatoms. The van der Waals surface area contributed by atoms with Crippen molar-refractivity contribution in [3.05, 3.63) is 18.2 Å². The molecule has 0 aromatic heterocycles. The zero-order valence-corrected chi connectivity index (χ0v) is 20.2. The molecule has 0 aliphatic carbocycles. The molecular weight excluding hydrogens is 428 g/mol. The van der Waals surface area contributed by atoms with Crippen LogP contribution in [-0.4, -0.2) is 75.4 Å². The number of anilines is 1. The number of likely N-dealkylation sites (tertiary alicyclic amines) is 1. The Morgan fingerprint density at radius 2 is 1.82 bits per heavy atom. The van der Waals surface area contributed by atoms with Crippen LogP contribution in [0.5, 0.6) is 11.5 Å². The van der Waals surface area contributed by atoms with Crippen molar-refractivity contribution < 1.29 is 28.6 Å². The van der Waals surface area contributed by atoms with E-state index in [9.17, 15) is 14.4 Å². The number of rotatable bonds is 9. The number of amides is 3. The van der Waals surface area contributed by atoms with Crippen molar-refractivity contribution in [2.45, 2.75) is 39.2 Å². The Labute approximate surface area is 195 Å². The van der Waals surface area contributed by atoms with E-state index in [1.54, 1.807) is 46.1 Å². The Morgan fingerprint density at radius 1 is 1.09 bits per heavy atom. The Hall–Kier alpha value is -3.01. The van der Waals surface area contributed by atoms with Crippen molar-refractivity contribution in [3.63, 3.8) is 0 Å². The van der Waals surface area contributed by atoms with Crippen LogP contribution in [0.3, 0.4) is 0 Å². The lowest BCUT2D eigenvalue weighted by Gasteiger charge is -2.31. The summed E-state index contributed by atoms with van der Waals surface area (Å²) in [6.45, 7) is 7.36. The van der Waals surface area contributed by atoms with Gasteiger partial charge < -0.3 is 30.2 Å². The molecule has 1 aromatic carbocycles. The number of nitrogens with one attached hydrogen (secondary N) is 3. The average molecular weight is 465 g/mol. The molecule has 10 nitrogen and oxygen atoms in total. The highest BCUT2D eigenvalue weighted by atomic mass is 16.6. The number of hydrogen-bond donors (Lipinski definition) is 3. The molecule has 1 heterocycles. The number of carbonyl (C=O) groups excluding carboxylic acids is 3. The summed E-state index contributed by atoms with van der Waals surface area (Å²) in [7, 11) is 3.09. The molecule has 1 aromatic rings. The van der Waals surface area contributed by atoms with Crippen molar-refractivity contribution in [1.29, 1.82) is 0 Å². The minimum absolute atomic E-state index is 0.0828. The Morgan fingerprint density at radius 3 is 2.48 bits per heavy atom. The second-order valence-electron chi connectivity index (χ2n) is 8.91. The average Bonchev–Trinajstić information content (AvgIpc) is 2.75. The van der Waals surface area contributed by atoms with Gasteiger partial charge in [0.25, 0.3) is 0 Å². The molecular formula is C23H36N4O6. The fraction of sp³-hybridized carbons (Fsp3) is 0.609. The molecule has 33 heavy (non-hydrogen) atoms. The first-order chi connectivity index (χ1) is 15.6. The third-order valence-electron chi connectivity index (χ3n) is 5.02. The number of benzene rings is 1. The second kappa shape index (κ2) is 12.3. The van der Waals surface area contributed by atoms with Gasteiger partial charge >= 0.3 is 6.09 Å². The van der Waals surface area contributed by atoms with E-state index in [1.165, 1.54) is 7.11 Å². The van der Waals surface area contributed by atoms with Gasteiger partial charge in [-0.15, -0.1) is 0 Å². The Kier molecular flexibility index (Phi) is 9.77. The summed E-state index contributed by atoms with van der Waals surface area (Å²) in [4.78, 5) is 38.8. The number of ether oxygens (including phenoxy) is 3. The van der Waals surface area contributed by atoms with Crippen molar-refractivity contribution >= 4 is 23.6 Å². The second-order valence-corrected chi connectivity index (χ2v) is 8.91. The van der Waals surface area contributed by atoms with Crippen molar-refractivity contribution in [2.75, 3.05) is 52.3 Å². The van der Waals surface area contributed by atoms with Gasteiger partial charge in [-0.25, -0.2) is 4.79 Å². The third kappa shape index (κ3) is 9.17. The standard InChI is InChI=1S/C23H36N4O6/c1-23(2,3)33-22(30)25-11-10-24-21(29)16-7-6-12-27(14-16)15-20(28)26-18-13-17(31-4)8-9-19(18)32-5/h8-9,13,16H,6-7,10-12,14-15H2,1-5H3,(H,24,29)(H,25,30)(H,26,28). The molecule has 1 saturated heterocycles. The minimum atomic E-state index is -0.567. The lowest BCUT2D eigenvalue weighted by atomic mass is 9.97. The highest BCUT2D eigenvalue weighted by Gasteiger charge is 2.27. The van der Waals surface area contributed by atoms with Crippen LogP contribution in [0.2, 0.25) is 0 Å². The highest BCUT2D eigenvalue weighted by Crippen LogP contribution is 2.29. The van der Waals surface area contributed by atoms with Gasteiger partial charge in [-0.05, 0) is 52.3 Å². The van der Waals surface area contributed by atoms with Gasteiger partial charge in [0.15, 0.2) is 0 Å². The van der Waals surface area contributed by atoms with Gasteiger partial charge in [-0.3, -0.25) is 14.5 Å². The number of piperidine rings is 1. The van der Waals surface area contributed by atoms with Crippen molar-refractivity contribution in [3.8, 4) is 11.5 Å². The predicted octanol–water partition coefficient (Wildman–Crippen LogP) is 2.00. The Bertz CT molecular complexity index is 824. The summed E-state index contributed by atoms with van der Waals surface area (Å²) in [5.74, 6) is 0.672. The SMILES string of the molecule is COc1ccc(OC)c(NC(=O)CN2CCCC(C(=O)NCCNC(=O)OC(C)(C)C)C2)c1. The summed E-state index contributed by atoms with van der Waals surface area (Å²) in [6, 6.07) is 5.19. The minimum Gasteiger partial charge on any atom is -0.497 e. The fourth-order valence-electron chi connectivity index (χ4n) is 3.53. The van der Waals surface area contributed by atoms with E-state index >= 15 is 0 Å². The molecule has 0 radical (unpaired) electrons. The van der Waals surface area contributed by atoms with Crippen LogP contribution in [0.15, 0.2) is 18.2 Å². The lowest BCUT2D eigenvalue weighted by Crippen LogP contribution is -2.46. The van der Waals surface area contributed by atoms with Gasteiger partial charge in [-0.1, -0.05) is 0 Å². The van der Waals surface area contributed by atoms with E-state index in [0.717, 1.165) is 19.4 Å². The van der Waals surface area contributed by atoms with Crippen LogP contribution in [0.1, 0.15) is 33.6 Å². The van der Waals surface area contributed by atoms with Crippen LogP contribution < -0.4 is 25.4 Å². The Balaban J connectivity index is 1.77. The number of methoxy groups -OCH3 is 2. The normalized spacial score (nSPS) is 16.5. The highest BCUT2D eigenvalue weighted by molar-refractivity contribution is 5.94. The molecule has 0 saturated carbocycles. The van der Waals surface area contributed by atoms with E-state index in [-0.39, 0.29) is 30.8 Å². The van der Waals surface area contributed by atoms with Crippen LogP contribution in [0.25, 0.3) is 0 Å². The third-order valence-corrected chi connectivity index (χ3v) is 5.02. The first-order valence-electron chi connectivity index (χ1n) is 11.1. The summed E-state index contributed by atoms with van der Waals surface area (Å²) >= 11 is 0. The largest absolute Gasteiger partial charge is 0.497 e. The predicted molar refractivity (Wildman–Crippen MR) is 125 cm³/mol. The lowest BCUT2D eigenvalue weighted by molar-refractivity contribution is -0.127. The maximum Gasteiger partial charge on any atom is 0.407 e. The summed E-state index contributed by atoms with van der Waals surface area (Å²) < 4.78 is 15.7. The van der Waals surface area contributed by atoms with E-state index in [4.69, 9.17) is 14.2 Å². The molecule has 1 atom stereocenters. The quantitative estimate of drug-likeness (QED) is 0.478. The van der Waals surface area contributed by atoms with Crippen LogP contribution >= 0.6 is 0 Å². The molecule has 3 N–H and O–H groups in total. The topological polar surface area (TPSA) is 118 Å². The first-order valence-corrected chi connectivity index (χ1v) is 11.1. The molecule has 1 fully saturated rings. The molecule has 1 unspecified atom stereocenters. The number of nitrogens with zero attached hydrogens (tertiary/aromatic N) is 1. The van der Waals surface area contributed by atoms with Gasteiger partial charge in [0.2, 0.25) is 11.8 Å². The van der Waals surface area contributed by atoms with Gasteiger partial charge in [0, 0.05) is 25.7 Å². The molecule has 1 aliphatic heterocycles. The molecule has 0 bridgehead atoms. The van der Waals surface area contributed by atoms with Gasteiger partial charge in [0.05, 0.1) is 32.4 Å². The van der Waals surface area contributed by atoms with Crippen molar-refractivity contribution in [2.24, 2.45) is 5.92 Å². The van der Waals surface area contributed by atoms with Crippen molar-refractivity contribution in [1.82, 2.24) is 15.5 Å². The zero-order valence-electron chi connectivity index (χ0n) is 20.2. The summed E-state index contributed by atoms with van der Waals surface area (Å²) in [5.41, 5.74) is -0.0336. The smallest absolute Gasteiger partial charge is 0.407 e. The van der Waals surface area contributed by atoms with Crippen LogP contribution in [-0.2, 0) is 14.3 Å². The molecule has 1 aliphatic rings. The fourth-order valence-corrected chi connectivity index (χ4v) is 3.53. The van der Waals surface area contributed by atoms with E-state index < -0.39 is 11.7 Å². The van der Waals surface area contributed by atoms with Crippen LogP contribution in [0.4, 0.5) is 10.5 Å². The first kappa shape index (κ1) is 26.2. The summed E-state index contributed by atoms with van der Waals surface area (Å²) in [6.07, 6.45) is 1.07. The number of alkyl carbamates (subject to hydrolysis) is 1. The molecule has 0 spiro atoms. The maximum absolute atomic E-state index is 12.6. The van der Waals surface area contributed by atoms with E-state index in [1.807, 2.05) is 4.90 Å². The van der Waals surface area contributed by atoms with Gasteiger partial charge in [0.1, 0.15) is 17.1 Å². The molecule has 184 valence electrons. The number of carbonyl (C=O) groups is 3.